The van der Waals surface area contributed by atoms with E-state index in [1.54, 1.807) is 18.2 Å². The first-order valence-electron chi connectivity index (χ1n) is 5.83. The number of aryl methyl sites for hydroxylation is 1. The molecule has 1 aromatic heterocycles. The van der Waals surface area contributed by atoms with Crippen molar-refractivity contribution in [1.82, 2.24) is 9.88 Å². The van der Waals surface area contributed by atoms with Gasteiger partial charge in [0.1, 0.15) is 0 Å². The van der Waals surface area contributed by atoms with Gasteiger partial charge in [-0.1, -0.05) is 23.2 Å². The maximum atomic E-state index is 12.0. The quantitative estimate of drug-likeness (QED) is 0.923. The van der Waals surface area contributed by atoms with Gasteiger partial charge in [0.2, 0.25) is 0 Å². The second kappa shape index (κ2) is 5.68. The SMILES string of the molecule is Cc1ccc(CNC(=O)c2ccc(Cl)cc2Cl)n1C. The third-order valence-electron chi connectivity index (χ3n) is 3.08. The molecule has 1 N–H and O–H groups in total. The number of hydrogen-bond acceptors (Lipinski definition) is 1. The van der Waals surface area contributed by atoms with Crippen molar-refractivity contribution in [2.75, 3.05) is 0 Å². The lowest BCUT2D eigenvalue weighted by molar-refractivity contribution is 0.0950. The molecule has 100 valence electrons. The van der Waals surface area contributed by atoms with Crippen molar-refractivity contribution in [3.8, 4) is 0 Å². The molecule has 2 rings (SSSR count). The van der Waals surface area contributed by atoms with Gasteiger partial charge in [0, 0.05) is 23.5 Å². The Morgan fingerprint density at radius 3 is 2.58 bits per heavy atom. The summed E-state index contributed by atoms with van der Waals surface area (Å²) in [5.41, 5.74) is 2.61. The highest BCUT2D eigenvalue weighted by molar-refractivity contribution is 6.36. The maximum Gasteiger partial charge on any atom is 0.253 e. The minimum atomic E-state index is -0.208. The van der Waals surface area contributed by atoms with Gasteiger partial charge in [-0.2, -0.15) is 0 Å². The first-order valence-corrected chi connectivity index (χ1v) is 6.59. The Balaban J connectivity index is 2.07. The molecule has 1 heterocycles. The van der Waals surface area contributed by atoms with Crippen molar-refractivity contribution in [1.29, 1.82) is 0 Å². The number of hydrogen-bond donors (Lipinski definition) is 1. The van der Waals surface area contributed by atoms with Crippen LogP contribution in [0.4, 0.5) is 0 Å². The van der Waals surface area contributed by atoms with Crippen LogP contribution in [0, 0.1) is 6.92 Å². The summed E-state index contributed by atoms with van der Waals surface area (Å²) >= 11 is 11.8. The van der Waals surface area contributed by atoms with Gasteiger partial charge < -0.3 is 9.88 Å². The molecule has 1 aromatic carbocycles. The van der Waals surface area contributed by atoms with Gasteiger partial charge in [0.05, 0.1) is 17.1 Å². The predicted octanol–water partition coefficient (Wildman–Crippen LogP) is 3.57. The molecule has 3 nitrogen and oxygen atoms in total. The average molecular weight is 297 g/mol. The van der Waals surface area contributed by atoms with E-state index in [1.807, 2.05) is 30.7 Å². The highest BCUT2D eigenvalue weighted by atomic mass is 35.5. The fourth-order valence-electron chi connectivity index (χ4n) is 1.78. The third-order valence-corrected chi connectivity index (χ3v) is 3.63. The number of carbonyl (C=O) groups is 1. The summed E-state index contributed by atoms with van der Waals surface area (Å²) in [5, 5.41) is 3.71. The third kappa shape index (κ3) is 3.11. The van der Waals surface area contributed by atoms with E-state index >= 15 is 0 Å². The van der Waals surface area contributed by atoms with Crippen LogP contribution < -0.4 is 5.32 Å². The van der Waals surface area contributed by atoms with Gasteiger partial charge in [-0.25, -0.2) is 0 Å². The van der Waals surface area contributed by atoms with E-state index in [4.69, 9.17) is 23.2 Å². The first kappa shape index (κ1) is 14.0. The molecule has 0 atom stereocenters. The largest absolute Gasteiger partial charge is 0.350 e. The zero-order valence-electron chi connectivity index (χ0n) is 10.7. The molecule has 19 heavy (non-hydrogen) atoms. The molecule has 0 radical (unpaired) electrons. The Morgan fingerprint density at radius 1 is 1.26 bits per heavy atom. The molecule has 5 heteroatoms. The lowest BCUT2D eigenvalue weighted by Crippen LogP contribution is -2.24. The van der Waals surface area contributed by atoms with Crippen molar-refractivity contribution in [3.63, 3.8) is 0 Å². The molecule has 0 saturated heterocycles. The van der Waals surface area contributed by atoms with Crippen LogP contribution in [0.5, 0.6) is 0 Å². The highest BCUT2D eigenvalue weighted by Crippen LogP contribution is 2.20. The maximum absolute atomic E-state index is 12.0. The predicted molar refractivity (Wildman–Crippen MR) is 77.8 cm³/mol. The first-order chi connectivity index (χ1) is 8.99. The summed E-state index contributed by atoms with van der Waals surface area (Å²) in [5.74, 6) is -0.208. The summed E-state index contributed by atoms with van der Waals surface area (Å²) in [6.45, 7) is 2.48. The lowest BCUT2D eigenvalue weighted by Gasteiger charge is -2.08. The van der Waals surface area contributed by atoms with E-state index in [0.29, 0.717) is 22.2 Å². The molecule has 2 aromatic rings. The smallest absolute Gasteiger partial charge is 0.253 e. The molecule has 1 amide bonds. The molecule has 0 aliphatic rings. The van der Waals surface area contributed by atoms with Crippen LogP contribution in [-0.4, -0.2) is 10.5 Å². The van der Waals surface area contributed by atoms with Crippen LogP contribution in [0.2, 0.25) is 10.0 Å². The minimum Gasteiger partial charge on any atom is -0.350 e. The van der Waals surface area contributed by atoms with E-state index in [-0.39, 0.29) is 5.91 Å². The topological polar surface area (TPSA) is 34.0 Å². The van der Waals surface area contributed by atoms with Gasteiger partial charge in [0.25, 0.3) is 5.91 Å². The lowest BCUT2D eigenvalue weighted by atomic mass is 10.2. The molecule has 0 aliphatic heterocycles. The summed E-state index contributed by atoms with van der Waals surface area (Å²) in [7, 11) is 1.96. The normalized spacial score (nSPS) is 10.5. The second-order valence-electron chi connectivity index (χ2n) is 4.33. The van der Waals surface area contributed by atoms with E-state index in [9.17, 15) is 4.79 Å². The van der Waals surface area contributed by atoms with Crippen LogP contribution in [-0.2, 0) is 13.6 Å². The van der Waals surface area contributed by atoms with Gasteiger partial charge in [-0.05, 0) is 37.3 Å². The Morgan fingerprint density at radius 2 is 2.00 bits per heavy atom. The standard InChI is InChI=1S/C14H14Cl2N2O/c1-9-3-5-11(18(9)2)8-17-14(19)12-6-4-10(15)7-13(12)16/h3-7H,8H2,1-2H3,(H,17,19). The van der Waals surface area contributed by atoms with E-state index in [0.717, 1.165) is 11.4 Å². The van der Waals surface area contributed by atoms with Crippen LogP contribution in [0.3, 0.4) is 0 Å². The zero-order chi connectivity index (χ0) is 14.0. The monoisotopic (exact) mass is 296 g/mol. The number of nitrogens with one attached hydrogen (secondary N) is 1. The highest BCUT2D eigenvalue weighted by Gasteiger charge is 2.11. The Labute approximate surface area is 122 Å². The molecule has 0 fully saturated rings. The van der Waals surface area contributed by atoms with Crippen molar-refractivity contribution < 1.29 is 4.79 Å². The molecule has 0 bridgehead atoms. The summed E-state index contributed by atoms with van der Waals surface area (Å²) in [6.07, 6.45) is 0. The van der Waals surface area contributed by atoms with E-state index < -0.39 is 0 Å². The molecule has 0 saturated carbocycles. The van der Waals surface area contributed by atoms with Gasteiger partial charge in [-0.15, -0.1) is 0 Å². The number of benzene rings is 1. The Hall–Kier alpha value is -1.45. The summed E-state index contributed by atoms with van der Waals surface area (Å²) in [6, 6.07) is 8.83. The van der Waals surface area contributed by atoms with Crippen LogP contribution in [0.1, 0.15) is 21.7 Å². The fraction of sp³-hybridized carbons (Fsp3) is 0.214. The molecule has 0 spiro atoms. The molecule has 0 unspecified atom stereocenters. The van der Waals surface area contributed by atoms with Crippen LogP contribution >= 0.6 is 23.2 Å². The van der Waals surface area contributed by atoms with E-state index in [2.05, 4.69) is 5.32 Å². The number of amides is 1. The van der Waals surface area contributed by atoms with Gasteiger partial charge in [-0.3, -0.25) is 4.79 Å². The number of carbonyl (C=O) groups excluding carboxylic acids is 1. The Bertz CT molecular complexity index is 620. The summed E-state index contributed by atoms with van der Waals surface area (Å²) < 4.78 is 2.03. The number of rotatable bonds is 3. The van der Waals surface area contributed by atoms with Crippen molar-refractivity contribution in [3.05, 3.63) is 57.3 Å². The molecule has 0 aliphatic carbocycles. The van der Waals surface area contributed by atoms with Crippen LogP contribution in [0.15, 0.2) is 30.3 Å². The molecular weight excluding hydrogens is 283 g/mol. The molecular formula is C14H14Cl2N2O. The average Bonchev–Trinajstić information content (AvgIpc) is 2.67. The van der Waals surface area contributed by atoms with Crippen molar-refractivity contribution in [2.45, 2.75) is 13.5 Å². The second-order valence-corrected chi connectivity index (χ2v) is 5.18. The minimum absolute atomic E-state index is 0.208. The van der Waals surface area contributed by atoms with Crippen molar-refractivity contribution >= 4 is 29.1 Å². The number of aromatic nitrogens is 1. The van der Waals surface area contributed by atoms with Crippen molar-refractivity contribution in [2.24, 2.45) is 7.05 Å². The summed E-state index contributed by atoms with van der Waals surface area (Å²) in [4.78, 5) is 12.0. The Kier molecular flexibility index (Phi) is 4.17. The fourth-order valence-corrected chi connectivity index (χ4v) is 2.28. The van der Waals surface area contributed by atoms with Gasteiger partial charge in [0.15, 0.2) is 0 Å². The zero-order valence-corrected chi connectivity index (χ0v) is 12.2. The van der Waals surface area contributed by atoms with Gasteiger partial charge >= 0.3 is 0 Å². The number of halogens is 2. The van der Waals surface area contributed by atoms with Crippen LogP contribution in [0.25, 0.3) is 0 Å². The van der Waals surface area contributed by atoms with E-state index in [1.165, 1.54) is 0 Å². The number of nitrogens with zero attached hydrogens (tertiary/aromatic N) is 1.